The van der Waals surface area contributed by atoms with Crippen molar-refractivity contribution in [1.82, 2.24) is 0 Å². The van der Waals surface area contributed by atoms with E-state index in [-0.39, 0.29) is 18.1 Å². The molecule has 0 amide bonds. The summed E-state index contributed by atoms with van der Waals surface area (Å²) >= 11 is 2.06. The van der Waals surface area contributed by atoms with E-state index >= 15 is 0 Å². The van der Waals surface area contributed by atoms with Crippen LogP contribution in [0.15, 0.2) is 24.3 Å². The summed E-state index contributed by atoms with van der Waals surface area (Å²) in [5.41, 5.74) is -0.326. The van der Waals surface area contributed by atoms with Crippen LogP contribution >= 0.6 is 19.4 Å². The van der Waals surface area contributed by atoms with Crippen LogP contribution < -0.4 is 4.74 Å². The van der Waals surface area contributed by atoms with Gasteiger partial charge in [-0.15, -0.1) is 0 Å². The summed E-state index contributed by atoms with van der Waals surface area (Å²) in [5.74, 6) is 3.36. The zero-order valence-electron chi connectivity index (χ0n) is 26.3. The Morgan fingerprint density at radius 3 is 2.15 bits per heavy atom. The molecule has 1 aromatic rings. The van der Waals surface area contributed by atoms with E-state index < -0.39 is 13.3 Å². The first-order valence-electron chi connectivity index (χ1n) is 15.6. The molecule has 238 valence electrons. The van der Waals surface area contributed by atoms with Gasteiger partial charge in [0, 0.05) is 6.61 Å². The lowest BCUT2D eigenvalue weighted by molar-refractivity contribution is 0.0499. The topological polar surface area (TPSA) is 102 Å². The second-order valence-electron chi connectivity index (χ2n) is 12.0. The summed E-state index contributed by atoms with van der Waals surface area (Å²) in [5, 5.41) is 8.55. The van der Waals surface area contributed by atoms with Gasteiger partial charge in [-0.3, -0.25) is 0 Å². The van der Waals surface area contributed by atoms with Gasteiger partial charge in [0.2, 0.25) is 0 Å². The fourth-order valence-corrected chi connectivity index (χ4v) is 5.97. The zero-order chi connectivity index (χ0) is 30.6. The van der Waals surface area contributed by atoms with Crippen LogP contribution in [0.5, 0.6) is 5.75 Å². The van der Waals surface area contributed by atoms with Crippen molar-refractivity contribution in [2.45, 2.75) is 136 Å². The highest BCUT2D eigenvalue weighted by molar-refractivity contribution is 7.99. The molecule has 0 aliphatic heterocycles. The summed E-state index contributed by atoms with van der Waals surface area (Å²) in [4.78, 5) is 19.6. The molecule has 0 aliphatic carbocycles. The molecule has 0 heterocycles. The summed E-state index contributed by atoms with van der Waals surface area (Å²) in [7, 11) is -4.54. The smallest absolute Gasteiger partial charge is 0.435 e. The van der Waals surface area contributed by atoms with Gasteiger partial charge in [-0.25, -0.2) is 9.36 Å². The number of rotatable bonds is 25. The third-order valence-corrected chi connectivity index (χ3v) is 9.20. The van der Waals surface area contributed by atoms with Gasteiger partial charge in [0.25, 0.3) is 0 Å². The number of ether oxygens (including phenoxy) is 2. The quantitative estimate of drug-likeness (QED) is 0.0827. The van der Waals surface area contributed by atoms with Gasteiger partial charge >= 0.3 is 13.3 Å². The third-order valence-electron chi connectivity index (χ3n) is 7.09. The van der Waals surface area contributed by atoms with E-state index in [1.807, 2.05) is 6.92 Å². The average Bonchev–Trinajstić information content (AvgIpc) is 2.91. The van der Waals surface area contributed by atoms with E-state index in [1.54, 1.807) is 0 Å². The minimum Gasteiger partial charge on any atom is -0.490 e. The molecule has 1 aromatic carbocycles. The molecule has 2 N–H and O–H groups in total. The Morgan fingerprint density at radius 1 is 0.878 bits per heavy atom. The molecule has 41 heavy (non-hydrogen) atoms. The molecular weight excluding hydrogens is 559 g/mol. The molecular formula is C32H57O7PS. The number of hydrogen-bond acceptors (Lipinski definition) is 6. The van der Waals surface area contributed by atoms with Gasteiger partial charge in [0.05, 0.1) is 18.8 Å². The van der Waals surface area contributed by atoms with Crippen LogP contribution in [0.2, 0.25) is 0 Å². The molecule has 0 saturated carbocycles. The zero-order valence-corrected chi connectivity index (χ0v) is 28.0. The minimum atomic E-state index is -4.54. The van der Waals surface area contributed by atoms with Gasteiger partial charge in [-0.2, -0.15) is 11.8 Å². The van der Waals surface area contributed by atoms with Crippen LogP contribution in [0.4, 0.5) is 4.79 Å². The molecule has 0 aliphatic rings. The van der Waals surface area contributed by atoms with E-state index in [9.17, 15) is 9.36 Å². The standard InChI is InChI=1S/C32H57O7PS/c1-6-7-12-17-29(39-30-20-18-28(19-21-30)32(3,4)5)22-26-41-25-14-11-9-8-10-13-16-27(2)37-23-15-24-38-40(35,36)31(33)34/h18-21,27,29H,6-17,22-26H2,1-5H3,(H,33,34)(H,35,36). The van der Waals surface area contributed by atoms with E-state index in [1.165, 1.54) is 62.7 Å². The van der Waals surface area contributed by atoms with Crippen LogP contribution in [-0.2, 0) is 19.2 Å². The van der Waals surface area contributed by atoms with Gasteiger partial charge in [-0.05, 0) is 80.1 Å². The fourth-order valence-electron chi connectivity index (χ4n) is 4.44. The first-order chi connectivity index (χ1) is 19.5. The van der Waals surface area contributed by atoms with Crippen LogP contribution in [0, 0.1) is 0 Å². The van der Waals surface area contributed by atoms with Crippen LogP contribution in [-0.4, -0.2) is 52.6 Å². The Bertz CT molecular complexity index is 857. The lowest BCUT2D eigenvalue weighted by atomic mass is 9.87. The lowest BCUT2D eigenvalue weighted by Gasteiger charge is -2.22. The maximum Gasteiger partial charge on any atom is 0.435 e. The van der Waals surface area contributed by atoms with Gasteiger partial charge in [0.15, 0.2) is 0 Å². The van der Waals surface area contributed by atoms with E-state index in [4.69, 9.17) is 19.5 Å². The predicted octanol–water partition coefficient (Wildman–Crippen LogP) is 9.84. The molecule has 0 bridgehead atoms. The highest BCUT2D eigenvalue weighted by atomic mass is 32.2. The second kappa shape index (κ2) is 21.6. The predicted molar refractivity (Wildman–Crippen MR) is 172 cm³/mol. The number of carboxylic acid groups (broad SMARTS) is 1. The van der Waals surface area contributed by atoms with Crippen molar-refractivity contribution in [2.24, 2.45) is 0 Å². The molecule has 3 atom stereocenters. The van der Waals surface area contributed by atoms with Crippen LogP contribution in [0.1, 0.15) is 124 Å². The number of unbranched alkanes of at least 4 members (excludes halogenated alkanes) is 7. The van der Waals surface area contributed by atoms with Crippen molar-refractivity contribution in [3.63, 3.8) is 0 Å². The van der Waals surface area contributed by atoms with Crippen molar-refractivity contribution >= 4 is 25.1 Å². The maximum atomic E-state index is 11.2. The molecule has 0 aromatic heterocycles. The summed E-state index contributed by atoms with van der Waals surface area (Å²) in [6.45, 7) is 11.3. The highest BCUT2D eigenvalue weighted by Gasteiger charge is 2.29. The number of thioether (sulfide) groups is 1. The van der Waals surface area contributed by atoms with Gasteiger partial charge in [0.1, 0.15) is 5.75 Å². The number of carbonyl (C=O) groups is 1. The Balaban J connectivity index is 2.08. The van der Waals surface area contributed by atoms with Crippen molar-refractivity contribution in [3.05, 3.63) is 29.8 Å². The number of benzene rings is 1. The Morgan fingerprint density at radius 2 is 1.51 bits per heavy atom. The molecule has 0 saturated heterocycles. The summed E-state index contributed by atoms with van der Waals surface area (Å²) < 4.78 is 27.8. The Labute approximate surface area is 254 Å². The second-order valence-corrected chi connectivity index (χ2v) is 14.9. The lowest BCUT2D eigenvalue weighted by Crippen LogP contribution is -2.18. The molecule has 0 radical (unpaired) electrons. The van der Waals surface area contributed by atoms with E-state index in [0.717, 1.165) is 37.2 Å². The SMILES string of the molecule is CCCCCC(CCSCCCCCCCCC(C)OCCCOP(=O)(O)C(=O)O)Oc1ccc(C(C)(C)C)cc1. The summed E-state index contributed by atoms with van der Waals surface area (Å²) in [6.07, 6.45) is 15.1. The Hall–Kier alpha value is -1.05. The maximum absolute atomic E-state index is 11.2. The van der Waals surface area contributed by atoms with E-state index in [0.29, 0.717) is 19.1 Å². The average molecular weight is 617 g/mol. The van der Waals surface area contributed by atoms with Crippen molar-refractivity contribution in [3.8, 4) is 5.75 Å². The van der Waals surface area contributed by atoms with E-state index in [2.05, 4.69) is 68.2 Å². The van der Waals surface area contributed by atoms with Crippen molar-refractivity contribution < 1.29 is 33.4 Å². The number of hydrogen-bond donors (Lipinski definition) is 2. The van der Waals surface area contributed by atoms with Crippen LogP contribution in [0.25, 0.3) is 0 Å². The molecule has 7 nitrogen and oxygen atoms in total. The molecule has 9 heteroatoms. The third kappa shape index (κ3) is 19.0. The molecule has 0 spiro atoms. The largest absolute Gasteiger partial charge is 0.490 e. The molecule has 1 rings (SSSR count). The monoisotopic (exact) mass is 616 g/mol. The molecule has 0 fully saturated rings. The van der Waals surface area contributed by atoms with Gasteiger partial charge < -0.3 is 24.0 Å². The highest BCUT2D eigenvalue weighted by Crippen LogP contribution is 2.42. The first kappa shape index (κ1) is 38.0. The van der Waals surface area contributed by atoms with Crippen LogP contribution in [0.3, 0.4) is 0 Å². The normalized spacial score (nSPS) is 14.9. The first-order valence-corrected chi connectivity index (χ1v) is 18.4. The minimum absolute atomic E-state index is 0.107. The van der Waals surface area contributed by atoms with Crippen molar-refractivity contribution in [2.75, 3.05) is 24.7 Å². The van der Waals surface area contributed by atoms with Gasteiger partial charge in [-0.1, -0.05) is 84.8 Å². The fraction of sp³-hybridized carbons (Fsp3) is 0.781. The molecule has 3 unspecified atom stereocenters. The van der Waals surface area contributed by atoms with Crippen molar-refractivity contribution in [1.29, 1.82) is 0 Å². The summed E-state index contributed by atoms with van der Waals surface area (Å²) in [6, 6.07) is 8.67. The Kier molecular flexibility index (Phi) is 20.0.